The number of halogens is 3. The summed E-state index contributed by atoms with van der Waals surface area (Å²) in [6.07, 6.45) is 2.95. The third-order valence-corrected chi connectivity index (χ3v) is 4.89. The summed E-state index contributed by atoms with van der Waals surface area (Å²) >= 11 is 13.9. The number of sulfonamides is 1. The summed E-state index contributed by atoms with van der Waals surface area (Å²) in [6.45, 7) is 0.434. The lowest BCUT2D eigenvalue weighted by Gasteiger charge is -2.07. The number of unbranched alkanes of at least 4 members (excludes halogenated alkanes) is 2. The predicted octanol–water partition coefficient (Wildman–Crippen LogP) is 3.88. The Hall–Kier alpha value is 0.440. The van der Waals surface area contributed by atoms with Crippen LogP contribution in [0, 0.1) is 0 Å². The van der Waals surface area contributed by atoms with Crippen molar-refractivity contribution in [3.63, 3.8) is 0 Å². The van der Waals surface area contributed by atoms with Crippen molar-refractivity contribution >= 4 is 55.8 Å². The van der Waals surface area contributed by atoms with Gasteiger partial charge in [0.05, 0.1) is 4.90 Å². The molecule has 102 valence electrons. The Labute approximate surface area is 131 Å². The van der Waals surface area contributed by atoms with E-state index in [2.05, 4.69) is 27.3 Å². The van der Waals surface area contributed by atoms with E-state index in [0.29, 0.717) is 16.6 Å². The molecule has 0 fully saturated rings. The SMILES string of the molecule is O=S(=O)(NCCCCCI)c1cc(Cl)cc(Cl)c1. The van der Waals surface area contributed by atoms with Gasteiger partial charge in [-0.2, -0.15) is 0 Å². The van der Waals surface area contributed by atoms with Crippen molar-refractivity contribution in [2.45, 2.75) is 24.2 Å². The van der Waals surface area contributed by atoms with Gasteiger partial charge in [-0.25, -0.2) is 13.1 Å². The molecule has 0 unspecified atom stereocenters. The first-order chi connectivity index (χ1) is 8.45. The minimum Gasteiger partial charge on any atom is -0.211 e. The maximum atomic E-state index is 11.9. The molecule has 0 aliphatic rings. The quantitative estimate of drug-likeness (QED) is 0.412. The number of benzene rings is 1. The van der Waals surface area contributed by atoms with Gasteiger partial charge in [-0.3, -0.25) is 0 Å². The standard InChI is InChI=1S/C11H14Cl2INO2S/c12-9-6-10(13)8-11(7-9)18(16,17)15-5-3-1-2-4-14/h6-8,15H,1-5H2. The van der Waals surface area contributed by atoms with E-state index in [0.717, 1.165) is 23.7 Å². The van der Waals surface area contributed by atoms with E-state index in [4.69, 9.17) is 23.2 Å². The van der Waals surface area contributed by atoms with Crippen LogP contribution in [0.15, 0.2) is 23.1 Å². The molecule has 1 aromatic carbocycles. The molecule has 0 saturated heterocycles. The summed E-state index contributed by atoms with van der Waals surface area (Å²) in [7, 11) is -3.51. The van der Waals surface area contributed by atoms with Gasteiger partial charge in [0.2, 0.25) is 10.0 Å². The summed E-state index contributed by atoms with van der Waals surface area (Å²) in [5.74, 6) is 0. The van der Waals surface area contributed by atoms with Crippen molar-refractivity contribution in [3.8, 4) is 0 Å². The number of hydrogen-bond donors (Lipinski definition) is 1. The molecular weight excluding hydrogens is 408 g/mol. The normalized spacial score (nSPS) is 11.7. The summed E-state index contributed by atoms with van der Waals surface area (Å²) in [6, 6.07) is 4.28. The highest BCUT2D eigenvalue weighted by Gasteiger charge is 2.14. The van der Waals surface area contributed by atoms with Gasteiger partial charge in [-0.05, 0) is 35.5 Å². The molecule has 0 saturated carbocycles. The third-order valence-electron chi connectivity index (χ3n) is 2.25. The topological polar surface area (TPSA) is 46.2 Å². The first kappa shape index (κ1) is 16.5. The fourth-order valence-corrected chi connectivity index (χ4v) is 3.71. The van der Waals surface area contributed by atoms with Gasteiger partial charge in [0.1, 0.15) is 0 Å². The molecule has 0 heterocycles. The van der Waals surface area contributed by atoms with Crippen molar-refractivity contribution in [2.24, 2.45) is 0 Å². The molecule has 0 radical (unpaired) electrons. The lowest BCUT2D eigenvalue weighted by Crippen LogP contribution is -2.24. The van der Waals surface area contributed by atoms with Crippen LogP contribution in [-0.2, 0) is 10.0 Å². The number of alkyl halides is 1. The van der Waals surface area contributed by atoms with Crippen LogP contribution in [-0.4, -0.2) is 19.4 Å². The molecule has 0 aliphatic heterocycles. The van der Waals surface area contributed by atoms with Crippen LogP contribution in [0.3, 0.4) is 0 Å². The molecular formula is C11H14Cl2INO2S. The first-order valence-corrected chi connectivity index (χ1v) is 9.24. The van der Waals surface area contributed by atoms with E-state index in [1.807, 2.05) is 0 Å². The van der Waals surface area contributed by atoms with Crippen LogP contribution in [0.5, 0.6) is 0 Å². The Morgan fingerprint density at radius 1 is 1.06 bits per heavy atom. The van der Waals surface area contributed by atoms with Gasteiger partial charge < -0.3 is 0 Å². The van der Waals surface area contributed by atoms with Gasteiger partial charge in [0.15, 0.2) is 0 Å². The van der Waals surface area contributed by atoms with Gasteiger partial charge in [-0.1, -0.05) is 52.2 Å². The highest BCUT2D eigenvalue weighted by Crippen LogP contribution is 2.22. The minimum atomic E-state index is -3.51. The lowest BCUT2D eigenvalue weighted by molar-refractivity contribution is 0.576. The molecule has 0 aliphatic carbocycles. The van der Waals surface area contributed by atoms with E-state index in [9.17, 15) is 8.42 Å². The van der Waals surface area contributed by atoms with E-state index in [1.54, 1.807) is 0 Å². The largest absolute Gasteiger partial charge is 0.240 e. The molecule has 18 heavy (non-hydrogen) atoms. The van der Waals surface area contributed by atoms with Crippen LogP contribution < -0.4 is 4.72 Å². The average Bonchev–Trinajstić information content (AvgIpc) is 2.27. The zero-order valence-corrected chi connectivity index (χ0v) is 14.1. The second-order valence-corrected chi connectivity index (χ2v) is 7.47. The molecule has 0 atom stereocenters. The van der Waals surface area contributed by atoms with Gasteiger partial charge in [0.25, 0.3) is 0 Å². The van der Waals surface area contributed by atoms with Gasteiger partial charge >= 0.3 is 0 Å². The van der Waals surface area contributed by atoms with Crippen LogP contribution in [0.2, 0.25) is 10.0 Å². The molecule has 0 amide bonds. The first-order valence-electron chi connectivity index (χ1n) is 5.47. The Morgan fingerprint density at radius 3 is 2.22 bits per heavy atom. The maximum Gasteiger partial charge on any atom is 0.240 e. The second kappa shape index (κ2) is 7.89. The highest BCUT2D eigenvalue weighted by molar-refractivity contribution is 14.1. The molecule has 3 nitrogen and oxygen atoms in total. The molecule has 0 bridgehead atoms. The molecule has 1 N–H and O–H groups in total. The third kappa shape index (κ3) is 5.61. The van der Waals surface area contributed by atoms with Gasteiger partial charge in [0, 0.05) is 16.6 Å². The number of rotatable bonds is 7. The summed E-state index contributed by atoms with van der Waals surface area (Å²) in [5.41, 5.74) is 0. The lowest BCUT2D eigenvalue weighted by atomic mass is 10.3. The van der Waals surface area contributed by atoms with Gasteiger partial charge in [-0.15, -0.1) is 0 Å². The smallest absolute Gasteiger partial charge is 0.211 e. The van der Waals surface area contributed by atoms with Crippen LogP contribution in [0.1, 0.15) is 19.3 Å². The van der Waals surface area contributed by atoms with E-state index >= 15 is 0 Å². The Morgan fingerprint density at radius 2 is 1.67 bits per heavy atom. The minimum absolute atomic E-state index is 0.105. The fourth-order valence-electron chi connectivity index (χ4n) is 1.37. The zero-order valence-electron chi connectivity index (χ0n) is 9.63. The van der Waals surface area contributed by atoms with E-state index in [-0.39, 0.29) is 4.90 Å². The van der Waals surface area contributed by atoms with Crippen molar-refractivity contribution in [1.29, 1.82) is 0 Å². The van der Waals surface area contributed by atoms with Crippen molar-refractivity contribution in [2.75, 3.05) is 11.0 Å². The molecule has 1 rings (SSSR count). The zero-order chi connectivity index (χ0) is 13.6. The van der Waals surface area contributed by atoms with Crippen LogP contribution >= 0.6 is 45.8 Å². The Kier molecular flexibility index (Phi) is 7.23. The monoisotopic (exact) mass is 421 g/mol. The molecule has 0 aromatic heterocycles. The Balaban J connectivity index is 2.63. The number of hydrogen-bond acceptors (Lipinski definition) is 2. The maximum absolute atomic E-state index is 11.9. The summed E-state index contributed by atoms with van der Waals surface area (Å²) in [4.78, 5) is 0.105. The molecule has 7 heteroatoms. The highest BCUT2D eigenvalue weighted by atomic mass is 127. The van der Waals surface area contributed by atoms with E-state index in [1.165, 1.54) is 18.2 Å². The predicted molar refractivity (Wildman–Crippen MR) is 84.4 cm³/mol. The summed E-state index contributed by atoms with van der Waals surface area (Å²) in [5, 5.41) is 0.626. The van der Waals surface area contributed by atoms with Crippen molar-refractivity contribution in [1.82, 2.24) is 4.72 Å². The Bertz CT molecular complexity index is 474. The average molecular weight is 422 g/mol. The fraction of sp³-hybridized carbons (Fsp3) is 0.455. The second-order valence-electron chi connectivity index (χ2n) is 3.75. The number of nitrogens with one attached hydrogen (secondary N) is 1. The van der Waals surface area contributed by atoms with Crippen molar-refractivity contribution < 1.29 is 8.42 Å². The molecule has 1 aromatic rings. The van der Waals surface area contributed by atoms with Crippen LogP contribution in [0.4, 0.5) is 0 Å². The summed E-state index contributed by atoms with van der Waals surface area (Å²) < 4.78 is 27.5. The van der Waals surface area contributed by atoms with Crippen molar-refractivity contribution in [3.05, 3.63) is 28.2 Å². The van der Waals surface area contributed by atoms with E-state index < -0.39 is 10.0 Å². The van der Waals surface area contributed by atoms with Crippen LogP contribution in [0.25, 0.3) is 0 Å². The molecule has 0 spiro atoms.